The molecule has 1 heterocycles. The van der Waals surface area contributed by atoms with Crippen LogP contribution in [0, 0.1) is 17.5 Å². The fourth-order valence-corrected chi connectivity index (χ4v) is 1.36. The number of hydrogen-bond acceptors (Lipinski definition) is 1. The molecule has 0 bridgehead atoms. The molecule has 1 aliphatic heterocycles. The Morgan fingerprint density at radius 3 is 2.29 bits per heavy atom. The average molecular weight is 224 g/mol. The second-order valence-corrected chi connectivity index (χ2v) is 3.06. The first-order valence-electron chi connectivity index (χ1n) is 4.07. The smallest absolute Gasteiger partial charge is 0.194 e. The molecule has 0 radical (unpaired) electrons. The topological polar surface area (TPSA) is 12.0 Å². The van der Waals surface area contributed by atoms with Crippen molar-refractivity contribution in [3.8, 4) is 0 Å². The second kappa shape index (κ2) is 4.19. The molecule has 1 aromatic rings. The maximum atomic E-state index is 13.1. The summed E-state index contributed by atoms with van der Waals surface area (Å²) in [4.78, 5) is 0. The molecule has 1 fully saturated rings. The first kappa shape index (κ1) is 11.3. The van der Waals surface area contributed by atoms with Crippen LogP contribution in [0.1, 0.15) is 18.0 Å². The van der Waals surface area contributed by atoms with Crippen LogP contribution >= 0.6 is 12.4 Å². The molecule has 5 heteroatoms. The van der Waals surface area contributed by atoms with Gasteiger partial charge in [-0.1, -0.05) is 6.07 Å². The Labute approximate surface area is 85.7 Å². The highest BCUT2D eigenvalue weighted by Gasteiger charge is 2.24. The molecule has 0 aliphatic carbocycles. The molecular formula is C9H9ClF3N. The summed E-state index contributed by atoms with van der Waals surface area (Å²) in [6, 6.07) is 2.08. The van der Waals surface area contributed by atoms with Crippen molar-refractivity contribution in [3.05, 3.63) is 35.1 Å². The third kappa shape index (κ3) is 1.72. The van der Waals surface area contributed by atoms with E-state index >= 15 is 0 Å². The maximum absolute atomic E-state index is 13.1. The molecule has 0 amide bonds. The van der Waals surface area contributed by atoms with E-state index in [0.717, 1.165) is 19.0 Å². The minimum absolute atomic E-state index is 0. The van der Waals surface area contributed by atoms with Crippen molar-refractivity contribution in [1.29, 1.82) is 0 Å². The van der Waals surface area contributed by atoms with Crippen LogP contribution < -0.4 is 5.32 Å². The van der Waals surface area contributed by atoms with Gasteiger partial charge in [-0.05, 0) is 19.0 Å². The van der Waals surface area contributed by atoms with E-state index in [0.29, 0.717) is 0 Å². The van der Waals surface area contributed by atoms with Gasteiger partial charge in [-0.3, -0.25) is 0 Å². The first-order valence-corrected chi connectivity index (χ1v) is 4.07. The monoisotopic (exact) mass is 223 g/mol. The zero-order valence-electron chi connectivity index (χ0n) is 7.19. The fourth-order valence-electron chi connectivity index (χ4n) is 1.36. The molecule has 1 nitrogen and oxygen atoms in total. The Morgan fingerprint density at radius 1 is 1.14 bits per heavy atom. The Morgan fingerprint density at radius 2 is 1.79 bits per heavy atom. The summed E-state index contributed by atoms with van der Waals surface area (Å²) in [7, 11) is 0. The molecule has 2 rings (SSSR count). The highest BCUT2D eigenvalue weighted by molar-refractivity contribution is 5.85. The van der Waals surface area contributed by atoms with Crippen molar-refractivity contribution in [2.24, 2.45) is 0 Å². The van der Waals surface area contributed by atoms with Crippen LogP contribution in [0.3, 0.4) is 0 Å². The molecule has 14 heavy (non-hydrogen) atoms. The second-order valence-electron chi connectivity index (χ2n) is 3.06. The van der Waals surface area contributed by atoms with Crippen LogP contribution in [0.4, 0.5) is 13.2 Å². The number of benzene rings is 1. The average Bonchev–Trinajstić information content (AvgIpc) is 2.03. The van der Waals surface area contributed by atoms with Crippen molar-refractivity contribution >= 4 is 12.4 Å². The van der Waals surface area contributed by atoms with E-state index < -0.39 is 17.5 Å². The largest absolute Gasteiger partial charge is 0.310 e. The van der Waals surface area contributed by atoms with Crippen LogP contribution in [0.2, 0.25) is 0 Å². The first-order chi connectivity index (χ1) is 6.20. The molecule has 1 N–H and O–H groups in total. The van der Waals surface area contributed by atoms with Gasteiger partial charge in [-0.25, -0.2) is 13.2 Å². The normalized spacial score (nSPS) is 19.8. The highest BCUT2D eigenvalue weighted by Crippen LogP contribution is 2.27. The summed E-state index contributed by atoms with van der Waals surface area (Å²) in [6.45, 7) is 0.795. The predicted octanol–water partition coefficient (Wildman–Crippen LogP) is 2.56. The van der Waals surface area contributed by atoms with Crippen molar-refractivity contribution in [2.75, 3.05) is 6.54 Å². The lowest BCUT2D eigenvalue weighted by molar-refractivity contribution is 0.357. The van der Waals surface area contributed by atoms with Gasteiger partial charge in [0.15, 0.2) is 17.5 Å². The van der Waals surface area contributed by atoms with Gasteiger partial charge in [0, 0.05) is 11.6 Å². The van der Waals surface area contributed by atoms with Gasteiger partial charge in [0.25, 0.3) is 0 Å². The summed E-state index contributed by atoms with van der Waals surface area (Å²) in [5.74, 6) is -3.59. The van der Waals surface area contributed by atoms with Crippen LogP contribution in [0.25, 0.3) is 0 Å². The standard InChI is InChI=1S/C9H8F3N.ClH/c10-6-2-1-5(7-3-4-13-7)8(11)9(6)12;/h1-2,7,13H,3-4H2;1H/t7-;/m0./s1. The molecule has 0 saturated carbocycles. The molecule has 1 saturated heterocycles. The van der Waals surface area contributed by atoms with Gasteiger partial charge in [0.2, 0.25) is 0 Å². The van der Waals surface area contributed by atoms with E-state index in [4.69, 9.17) is 0 Å². The van der Waals surface area contributed by atoms with Gasteiger partial charge >= 0.3 is 0 Å². The van der Waals surface area contributed by atoms with Crippen LogP contribution in [-0.2, 0) is 0 Å². The van der Waals surface area contributed by atoms with Crippen LogP contribution in [-0.4, -0.2) is 6.54 Å². The van der Waals surface area contributed by atoms with E-state index in [1.54, 1.807) is 0 Å². The minimum atomic E-state index is -1.38. The van der Waals surface area contributed by atoms with E-state index in [1.807, 2.05) is 0 Å². The predicted molar refractivity (Wildman–Crippen MR) is 48.9 cm³/mol. The van der Waals surface area contributed by atoms with Gasteiger partial charge in [0.05, 0.1) is 0 Å². The molecule has 78 valence electrons. The highest BCUT2D eigenvalue weighted by atomic mass is 35.5. The minimum Gasteiger partial charge on any atom is -0.310 e. The van der Waals surface area contributed by atoms with Crippen molar-refractivity contribution in [2.45, 2.75) is 12.5 Å². The van der Waals surface area contributed by atoms with Crippen molar-refractivity contribution < 1.29 is 13.2 Å². The number of halogens is 4. The Kier molecular flexibility index (Phi) is 3.39. The van der Waals surface area contributed by atoms with Crippen LogP contribution in [0.15, 0.2) is 12.1 Å². The van der Waals surface area contributed by atoms with E-state index in [2.05, 4.69) is 5.32 Å². The molecule has 0 aromatic heterocycles. The number of nitrogens with one attached hydrogen (secondary N) is 1. The molecule has 1 aromatic carbocycles. The quantitative estimate of drug-likeness (QED) is 0.722. The van der Waals surface area contributed by atoms with Crippen molar-refractivity contribution in [3.63, 3.8) is 0 Å². The fraction of sp³-hybridized carbons (Fsp3) is 0.333. The van der Waals surface area contributed by atoms with Gasteiger partial charge in [-0.2, -0.15) is 0 Å². The zero-order chi connectivity index (χ0) is 9.42. The van der Waals surface area contributed by atoms with Crippen molar-refractivity contribution in [1.82, 2.24) is 5.32 Å². The zero-order valence-corrected chi connectivity index (χ0v) is 8.00. The SMILES string of the molecule is Cl.Fc1ccc([C@@H]2CCN2)c(F)c1F. The van der Waals surface area contributed by atoms with Gasteiger partial charge in [0.1, 0.15) is 0 Å². The summed E-state index contributed by atoms with van der Waals surface area (Å²) in [5.41, 5.74) is 0.213. The molecule has 1 atom stereocenters. The third-order valence-corrected chi connectivity index (χ3v) is 2.26. The Balaban J connectivity index is 0.000000980. The Hall–Kier alpha value is -0.740. The third-order valence-electron chi connectivity index (χ3n) is 2.26. The molecular weight excluding hydrogens is 215 g/mol. The molecule has 1 aliphatic rings. The molecule has 0 unspecified atom stereocenters. The summed E-state index contributed by atoms with van der Waals surface area (Å²) < 4.78 is 38.3. The molecule has 0 spiro atoms. The Bertz CT molecular complexity index is 339. The number of rotatable bonds is 1. The van der Waals surface area contributed by atoms with Crippen LogP contribution in [0.5, 0.6) is 0 Å². The van der Waals surface area contributed by atoms with E-state index in [-0.39, 0.29) is 24.0 Å². The lowest BCUT2D eigenvalue weighted by Crippen LogP contribution is -2.35. The summed E-state index contributed by atoms with van der Waals surface area (Å²) in [5, 5.41) is 2.92. The van der Waals surface area contributed by atoms with E-state index in [1.165, 1.54) is 6.07 Å². The maximum Gasteiger partial charge on any atom is 0.194 e. The van der Waals surface area contributed by atoms with E-state index in [9.17, 15) is 13.2 Å². The summed E-state index contributed by atoms with van der Waals surface area (Å²) >= 11 is 0. The number of hydrogen-bond donors (Lipinski definition) is 1. The lowest BCUT2D eigenvalue weighted by atomic mass is 9.97. The lowest BCUT2D eigenvalue weighted by Gasteiger charge is -2.28. The van der Waals surface area contributed by atoms with Gasteiger partial charge in [-0.15, -0.1) is 12.4 Å². The summed E-state index contributed by atoms with van der Waals surface area (Å²) in [6.07, 6.45) is 0.766. The van der Waals surface area contributed by atoms with Gasteiger partial charge < -0.3 is 5.32 Å².